The van der Waals surface area contributed by atoms with Crippen molar-refractivity contribution in [2.75, 3.05) is 0 Å². The summed E-state index contributed by atoms with van der Waals surface area (Å²) < 4.78 is 2.00. The molecule has 0 fully saturated rings. The van der Waals surface area contributed by atoms with Gasteiger partial charge in [0.2, 0.25) is 5.91 Å². The predicted molar refractivity (Wildman–Crippen MR) is 133 cm³/mol. The number of fused-ring (bicyclic) bond motifs is 1. The zero-order valence-corrected chi connectivity index (χ0v) is 19.6. The zero-order chi connectivity index (χ0) is 23.3. The molecule has 0 bridgehead atoms. The number of thiophene rings is 1. The average molecular weight is 471 g/mol. The van der Waals surface area contributed by atoms with Crippen molar-refractivity contribution in [3.8, 4) is 5.69 Å². The zero-order valence-electron chi connectivity index (χ0n) is 18.7. The number of nitrogens with one attached hydrogen (secondary N) is 2. The van der Waals surface area contributed by atoms with E-state index in [0.717, 1.165) is 36.2 Å². The minimum Gasteiger partial charge on any atom is -0.349 e. The molecule has 1 aliphatic carbocycles. The Morgan fingerprint density at radius 2 is 1.74 bits per heavy atom. The van der Waals surface area contributed by atoms with Gasteiger partial charge in [0.25, 0.3) is 5.91 Å². The number of carbonyl (C=O) groups is 2. The van der Waals surface area contributed by atoms with Gasteiger partial charge in [0.15, 0.2) is 0 Å². The van der Waals surface area contributed by atoms with Gasteiger partial charge in [-0.3, -0.25) is 9.59 Å². The monoisotopic (exact) mass is 470 g/mol. The van der Waals surface area contributed by atoms with Crippen LogP contribution in [0.3, 0.4) is 0 Å². The Bertz CT molecular complexity index is 1270. The summed E-state index contributed by atoms with van der Waals surface area (Å²) in [5.41, 5.74) is 5.37. The SMILES string of the molecule is O=C(NC(Cc1ccccc1)C(=O)NCc1nn(-c2ccccc2)c2c1CCC2)c1cccs1. The van der Waals surface area contributed by atoms with Crippen LogP contribution in [-0.2, 0) is 30.6 Å². The van der Waals surface area contributed by atoms with Gasteiger partial charge in [0.05, 0.1) is 22.8 Å². The van der Waals surface area contributed by atoms with Gasteiger partial charge in [-0.1, -0.05) is 54.6 Å². The highest BCUT2D eigenvalue weighted by Crippen LogP contribution is 2.27. The lowest BCUT2D eigenvalue weighted by Crippen LogP contribution is -2.47. The van der Waals surface area contributed by atoms with E-state index in [-0.39, 0.29) is 11.8 Å². The van der Waals surface area contributed by atoms with E-state index < -0.39 is 6.04 Å². The molecule has 0 saturated carbocycles. The molecule has 172 valence electrons. The van der Waals surface area contributed by atoms with Crippen LogP contribution in [0.15, 0.2) is 78.2 Å². The van der Waals surface area contributed by atoms with Crippen molar-refractivity contribution in [3.05, 3.63) is 106 Å². The number of aromatic nitrogens is 2. The van der Waals surface area contributed by atoms with Crippen LogP contribution in [0.4, 0.5) is 0 Å². The van der Waals surface area contributed by atoms with Crippen molar-refractivity contribution in [1.82, 2.24) is 20.4 Å². The molecule has 6 nitrogen and oxygen atoms in total. The van der Waals surface area contributed by atoms with Crippen molar-refractivity contribution in [3.63, 3.8) is 0 Å². The second kappa shape index (κ2) is 10.1. The summed E-state index contributed by atoms with van der Waals surface area (Å²) in [6, 6.07) is 22.7. The van der Waals surface area contributed by atoms with Crippen LogP contribution < -0.4 is 10.6 Å². The molecule has 0 saturated heterocycles. The van der Waals surface area contributed by atoms with Gasteiger partial charge < -0.3 is 10.6 Å². The summed E-state index contributed by atoms with van der Waals surface area (Å²) in [4.78, 5) is 26.5. The van der Waals surface area contributed by atoms with Crippen molar-refractivity contribution in [1.29, 1.82) is 0 Å². The van der Waals surface area contributed by atoms with Gasteiger partial charge in [-0.05, 0) is 54.0 Å². The predicted octanol–water partition coefficient (Wildman–Crippen LogP) is 4.08. The van der Waals surface area contributed by atoms with Crippen LogP contribution in [0.5, 0.6) is 0 Å². The van der Waals surface area contributed by atoms with Gasteiger partial charge in [0, 0.05) is 12.1 Å². The number of amides is 2. The lowest BCUT2D eigenvalue weighted by Gasteiger charge is -2.18. The number of rotatable bonds is 8. The molecule has 0 aliphatic heterocycles. The lowest BCUT2D eigenvalue weighted by atomic mass is 10.0. The molecule has 2 aromatic carbocycles. The summed E-state index contributed by atoms with van der Waals surface area (Å²) in [5, 5.41) is 12.6. The van der Waals surface area contributed by atoms with Gasteiger partial charge in [-0.2, -0.15) is 5.10 Å². The number of benzene rings is 2. The fraction of sp³-hybridized carbons (Fsp3) is 0.222. The molecule has 7 heteroatoms. The maximum atomic E-state index is 13.2. The molecule has 2 heterocycles. The van der Waals surface area contributed by atoms with Crippen molar-refractivity contribution < 1.29 is 9.59 Å². The summed E-state index contributed by atoms with van der Waals surface area (Å²) in [6.45, 7) is 0.334. The lowest BCUT2D eigenvalue weighted by molar-refractivity contribution is -0.123. The van der Waals surface area contributed by atoms with Crippen LogP contribution in [0.25, 0.3) is 5.69 Å². The number of carbonyl (C=O) groups excluding carboxylic acids is 2. The molecule has 2 N–H and O–H groups in total. The van der Waals surface area contributed by atoms with E-state index in [2.05, 4.69) is 10.6 Å². The molecule has 0 radical (unpaired) electrons. The topological polar surface area (TPSA) is 76.0 Å². The number of para-hydroxylation sites is 1. The van der Waals surface area contributed by atoms with Crippen molar-refractivity contribution >= 4 is 23.2 Å². The Labute approximate surface area is 202 Å². The molecule has 2 aromatic heterocycles. The first-order valence-corrected chi connectivity index (χ1v) is 12.4. The molecule has 1 unspecified atom stereocenters. The van der Waals surface area contributed by atoms with Crippen LogP contribution in [0.1, 0.15) is 38.6 Å². The van der Waals surface area contributed by atoms with Gasteiger partial charge >= 0.3 is 0 Å². The van der Waals surface area contributed by atoms with Crippen LogP contribution in [0.2, 0.25) is 0 Å². The Morgan fingerprint density at radius 3 is 2.47 bits per heavy atom. The number of nitrogens with zero attached hydrogens (tertiary/aromatic N) is 2. The van der Waals surface area contributed by atoms with Gasteiger partial charge in [-0.15, -0.1) is 11.3 Å². The largest absolute Gasteiger partial charge is 0.349 e. The molecular formula is C27H26N4O2S. The third kappa shape index (κ3) is 4.79. The highest BCUT2D eigenvalue weighted by atomic mass is 32.1. The quantitative estimate of drug-likeness (QED) is 0.407. The van der Waals surface area contributed by atoms with Crippen LogP contribution in [-0.4, -0.2) is 27.6 Å². The Morgan fingerprint density at radius 1 is 0.971 bits per heavy atom. The smallest absolute Gasteiger partial charge is 0.262 e. The summed E-state index contributed by atoms with van der Waals surface area (Å²) in [5.74, 6) is -0.449. The normalized spacial score (nSPS) is 13.3. The molecule has 2 amide bonds. The standard InChI is InChI=1S/C27H26N4O2S/c32-26(22(17-19-9-3-1-4-10-19)29-27(33)25-15-8-16-34-25)28-18-23-21-13-7-14-24(21)31(30-23)20-11-5-2-6-12-20/h1-6,8-12,15-16,22H,7,13-14,17-18H2,(H,28,32)(H,29,33). The van der Waals surface area contributed by atoms with E-state index in [1.165, 1.54) is 22.6 Å². The first-order chi connectivity index (χ1) is 16.7. The summed E-state index contributed by atoms with van der Waals surface area (Å²) >= 11 is 1.36. The second-order valence-corrected chi connectivity index (χ2v) is 9.33. The van der Waals surface area contributed by atoms with Gasteiger partial charge in [0.1, 0.15) is 6.04 Å². The Kier molecular flexibility index (Phi) is 6.53. The molecule has 34 heavy (non-hydrogen) atoms. The Hall–Kier alpha value is -3.71. The molecule has 1 aliphatic rings. The van der Waals surface area contributed by atoms with Crippen LogP contribution >= 0.6 is 11.3 Å². The van der Waals surface area contributed by atoms with Crippen molar-refractivity contribution in [2.24, 2.45) is 0 Å². The first kappa shape index (κ1) is 22.1. The van der Waals surface area contributed by atoms with E-state index in [0.29, 0.717) is 17.8 Å². The minimum atomic E-state index is -0.679. The highest BCUT2D eigenvalue weighted by molar-refractivity contribution is 7.12. The van der Waals surface area contributed by atoms with Crippen LogP contribution in [0, 0.1) is 0 Å². The molecule has 1 atom stereocenters. The van der Waals surface area contributed by atoms with E-state index in [1.54, 1.807) is 6.07 Å². The van der Waals surface area contributed by atoms with Gasteiger partial charge in [-0.25, -0.2) is 4.68 Å². The fourth-order valence-corrected chi connectivity index (χ4v) is 5.06. The van der Waals surface area contributed by atoms with E-state index in [4.69, 9.17) is 5.10 Å². The molecule has 4 aromatic rings. The maximum Gasteiger partial charge on any atom is 0.262 e. The van der Waals surface area contributed by atoms with E-state index >= 15 is 0 Å². The summed E-state index contributed by atoms with van der Waals surface area (Å²) in [6.07, 6.45) is 3.46. The minimum absolute atomic E-state index is 0.213. The fourth-order valence-electron chi connectivity index (χ4n) is 4.43. The highest BCUT2D eigenvalue weighted by Gasteiger charge is 2.26. The second-order valence-electron chi connectivity index (χ2n) is 8.38. The third-order valence-electron chi connectivity index (χ3n) is 6.09. The number of hydrogen-bond acceptors (Lipinski definition) is 4. The Balaban J connectivity index is 1.33. The summed E-state index contributed by atoms with van der Waals surface area (Å²) in [7, 11) is 0. The van der Waals surface area contributed by atoms with E-state index in [9.17, 15) is 9.59 Å². The first-order valence-electron chi connectivity index (χ1n) is 11.5. The molecule has 0 spiro atoms. The molecule has 5 rings (SSSR count). The molecular weight excluding hydrogens is 444 g/mol. The third-order valence-corrected chi connectivity index (χ3v) is 6.96. The van der Waals surface area contributed by atoms with E-state index in [1.807, 2.05) is 76.8 Å². The number of hydrogen-bond donors (Lipinski definition) is 2. The average Bonchev–Trinajstić information content (AvgIpc) is 3.62. The van der Waals surface area contributed by atoms with Crippen molar-refractivity contribution in [2.45, 2.75) is 38.3 Å². The maximum absolute atomic E-state index is 13.2.